The van der Waals surface area contributed by atoms with Crippen molar-refractivity contribution in [1.29, 1.82) is 0 Å². The molecule has 0 bridgehead atoms. The van der Waals surface area contributed by atoms with Gasteiger partial charge in [0.25, 0.3) is 0 Å². The molecule has 0 radical (unpaired) electrons. The molecule has 2 heterocycles. The van der Waals surface area contributed by atoms with E-state index < -0.39 is 20.6 Å². The summed E-state index contributed by atoms with van der Waals surface area (Å²) in [5.74, 6) is -1.22. The molecule has 6 nitrogen and oxygen atoms in total. The lowest BCUT2D eigenvalue weighted by Gasteiger charge is -2.24. The molecular formula is C10H14N2O4S. The predicted molar refractivity (Wildman–Crippen MR) is 60.8 cm³/mol. The SMILES string of the molecule is CC1(C)C(c2cc(C(=O)O)n[nH]2)CCS1(=O)=O. The van der Waals surface area contributed by atoms with E-state index in [-0.39, 0.29) is 17.4 Å². The van der Waals surface area contributed by atoms with Crippen LogP contribution in [0.25, 0.3) is 0 Å². The zero-order chi connectivity index (χ0) is 12.8. The van der Waals surface area contributed by atoms with Gasteiger partial charge in [-0.2, -0.15) is 5.10 Å². The minimum absolute atomic E-state index is 0.0832. The molecule has 1 aromatic rings. The zero-order valence-corrected chi connectivity index (χ0v) is 10.4. The Balaban J connectivity index is 2.39. The van der Waals surface area contributed by atoms with Gasteiger partial charge in [-0.25, -0.2) is 13.2 Å². The molecule has 1 aromatic heterocycles. The highest BCUT2D eigenvalue weighted by atomic mass is 32.2. The van der Waals surface area contributed by atoms with Gasteiger partial charge < -0.3 is 5.11 Å². The summed E-state index contributed by atoms with van der Waals surface area (Å²) < 4.78 is 22.8. The molecule has 1 fully saturated rings. The standard InChI is InChI=1S/C10H14N2O4S/c1-10(2)6(3-4-17(10,15)16)7-5-8(9(13)14)12-11-7/h5-6H,3-4H2,1-2H3,(H,11,12)(H,13,14). The number of hydrogen-bond acceptors (Lipinski definition) is 4. The summed E-state index contributed by atoms with van der Waals surface area (Å²) in [6.45, 7) is 3.34. The first-order chi connectivity index (χ1) is 7.75. The van der Waals surface area contributed by atoms with E-state index >= 15 is 0 Å². The van der Waals surface area contributed by atoms with E-state index in [9.17, 15) is 13.2 Å². The average molecular weight is 258 g/mol. The first-order valence-electron chi connectivity index (χ1n) is 5.26. The van der Waals surface area contributed by atoms with E-state index in [4.69, 9.17) is 5.11 Å². The molecule has 0 aliphatic carbocycles. The summed E-state index contributed by atoms with van der Waals surface area (Å²) in [5, 5.41) is 15.1. The van der Waals surface area contributed by atoms with Crippen molar-refractivity contribution in [3.8, 4) is 0 Å². The Morgan fingerprint density at radius 1 is 1.59 bits per heavy atom. The van der Waals surface area contributed by atoms with Crippen molar-refractivity contribution in [3.05, 3.63) is 17.5 Å². The van der Waals surface area contributed by atoms with Crippen molar-refractivity contribution in [2.75, 3.05) is 5.75 Å². The fourth-order valence-corrected chi connectivity index (χ4v) is 4.01. The third-order valence-electron chi connectivity index (χ3n) is 3.51. The Hall–Kier alpha value is -1.37. The second-order valence-electron chi connectivity index (χ2n) is 4.78. The van der Waals surface area contributed by atoms with Crippen molar-refractivity contribution in [3.63, 3.8) is 0 Å². The molecule has 17 heavy (non-hydrogen) atoms. The molecule has 0 saturated carbocycles. The van der Waals surface area contributed by atoms with Crippen LogP contribution < -0.4 is 0 Å². The molecule has 1 atom stereocenters. The van der Waals surface area contributed by atoms with Gasteiger partial charge >= 0.3 is 5.97 Å². The fraction of sp³-hybridized carbons (Fsp3) is 0.600. The number of aromatic amines is 1. The van der Waals surface area contributed by atoms with Gasteiger partial charge in [0.1, 0.15) is 0 Å². The van der Waals surface area contributed by atoms with Crippen LogP contribution >= 0.6 is 0 Å². The molecule has 0 amide bonds. The lowest BCUT2D eigenvalue weighted by Crippen LogP contribution is -2.32. The Kier molecular flexibility index (Phi) is 2.53. The van der Waals surface area contributed by atoms with Crippen LogP contribution in [0.1, 0.15) is 42.4 Å². The molecule has 7 heteroatoms. The molecule has 94 valence electrons. The molecule has 2 rings (SSSR count). The number of nitrogens with one attached hydrogen (secondary N) is 1. The van der Waals surface area contributed by atoms with Crippen molar-refractivity contribution < 1.29 is 18.3 Å². The fourth-order valence-electron chi connectivity index (χ4n) is 2.26. The van der Waals surface area contributed by atoms with Crippen LogP contribution in [0.15, 0.2) is 6.07 Å². The summed E-state index contributed by atoms with van der Waals surface area (Å²) in [4.78, 5) is 10.7. The predicted octanol–water partition coefficient (Wildman–Crippen LogP) is 0.789. The number of H-pyrrole nitrogens is 1. The Morgan fingerprint density at radius 2 is 2.24 bits per heavy atom. The van der Waals surface area contributed by atoms with Crippen LogP contribution in [0.3, 0.4) is 0 Å². The number of aromatic nitrogens is 2. The van der Waals surface area contributed by atoms with E-state index in [1.807, 2.05) is 0 Å². The maximum Gasteiger partial charge on any atom is 0.356 e. The molecule has 1 unspecified atom stereocenters. The van der Waals surface area contributed by atoms with Crippen LogP contribution in [-0.2, 0) is 9.84 Å². The highest BCUT2D eigenvalue weighted by Crippen LogP contribution is 2.43. The summed E-state index contributed by atoms with van der Waals surface area (Å²) in [6, 6.07) is 1.41. The second-order valence-corrected chi connectivity index (χ2v) is 7.47. The van der Waals surface area contributed by atoms with Gasteiger partial charge in [-0.3, -0.25) is 5.10 Å². The minimum Gasteiger partial charge on any atom is -0.476 e. The van der Waals surface area contributed by atoms with Crippen LogP contribution in [0.2, 0.25) is 0 Å². The first kappa shape index (κ1) is 12.1. The van der Waals surface area contributed by atoms with Crippen LogP contribution in [0.4, 0.5) is 0 Å². The number of carboxylic acids is 1. The molecular weight excluding hydrogens is 244 g/mol. The summed E-state index contributed by atoms with van der Waals surface area (Å²) in [6.07, 6.45) is 0.497. The van der Waals surface area contributed by atoms with Gasteiger partial charge in [-0.1, -0.05) is 0 Å². The highest BCUT2D eigenvalue weighted by molar-refractivity contribution is 7.93. The summed E-state index contributed by atoms with van der Waals surface area (Å²) >= 11 is 0. The Bertz CT molecular complexity index is 559. The summed E-state index contributed by atoms with van der Waals surface area (Å²) in [7, 11) is -3.13. The van der Waals surface area contributed by atoms with Gasteiger partial charge in [0, 0.05) is 11.6 Å². The minimum atomic E-state index is -3.13. The largest absolute Gasteiger partial charge is 0.476 e. The lowest BCUT2D eigenvalue weighted by molar-refractivity contribution is 0.0690. The Morgan fingerprint density at radius 3 is 2.65 bits per heavy atom. The number of carbonyl (C=O) groups is 1. The number of hydrogen-bond donors (Lipinski definition) is 2. The Labute approximate surface area is 99.0 Å². The molecule has 1 saturated heterocycles. The van der Waals surface area contributed by atoms with Crippen molar-refractivity contribution in [1.82, 2.24) is 10.2 Å². The van der Waals surface area contributed by atoms with Gasteiger partial charge in [-0.15, -0.1) is 0 Å². The topological polar surface area (TPSA) is 100 Å². The van der Waals surface area contributed by atoms with E-state index in [1.54, 1.807) is 13.8 Å². The number of sulfone groups is 1. The molecule has 0 aromatic carbocycles. The molecule has 1 aliphatic rings. The third kappa shape index (κ3) is 1.74. The maximum absolute atomic E-state index is 11.9. The number of nitrogens with zero attached hydrogens (tertiary/aromatic N) is 1. The zero-order valence-electron chi connectivity index (χ0n) is 9.60. The van der Waals surface area contributed by atoms with Gasteiger partial charge in [0.2, 0.25) is 0 Å². The smallest absolute Gasteiger partial charge is 0.356 e. The van der Waals surface area contributed by atoms with E-state index in [0.717, 1.165) is 0 Å². The van der Waals surface area contributed by atoms with Crippen molar-refractivity contribution in [2.45, 2.75) is 30.9 Å². The second kappa shape index (κ2) is 3.56. The normalized spacial score (nSPS) is 25.9. The van der Waals surface area contributed by atoms with Gasteiger partial charge in [0.05, 0.1) is 10.5 Å². The average Bonchev–Trinajstić information content (AvgIpc) is 2.72. The first-order valence-corrected chi connectivity index (χ1v) is 6.92. The highest BCUT2D eigenvalue weighted by Gasteiger charge is 2.48. The van der Waals surface area contributed by atoms with Gasteiger partial charge in [0.15, 0.2) is 15.5 Å². The molecule has 2 N–H and O–H groups in total. The van der Waals surface area contributed by atoms with Crippen LogP contribution in [-0.4, -0.2) is 40.2 Å². The monoisotopic (exact) mass is 258 g/mol. The van der Waals surface area contributed by atoms with Gasteiger partial charge in [-0.05, 0) is 26.3 Å². The van der Waals surface area contributed by atoms with Crippen molar-refractivity contribution >= 4 is 15.8 Å². The van der Waals surface area contributed by atoms with Crippen molar-refractivity contribution in [2.24, 2.45) is 0 Å². The van der Waals surface area contributed by atoms with E-state index in [0.29, 0.717) is 12.1 Å². The third-order valence-corrected chi connectivity index (χ3v) is 6.17. The number of rotatable bonds is 2. The molecule has 0 spiro atoms. The van der Waals surface area contributed by atoms with Crippen LogP contribution in [0.5, 0.6) is 0 Å². The lowest BCUT2D eigenvalue weighted by atomic mass is 9.90. The maximum atomic E-state index is 11.9. The van der Waals surface area contributed by atoms with E-state index in [1.165, 1.54) is 6.07 Å². The van der Waals surface area contributed by atoms with E-state index in [2.05, 4.69) is 10.2 Å². The summed E-state index contributed by atoms with van der Waals surface area (Å²) in [5.41, 5.74) is 0.494. The van der Waals surface area contributed by atoms with Crippen LogP contribution in [0, 0.1) is 0 Å². The number of aromatic carboxylic acids is 1. The number of carboxylic acid groups (broad SMARTS) is 1. The quantitative estimate of drug-likeness (QED) is 0.816. The molecule has 1 aliphatic heterocycles.